The molecule has 0 aliphatic carbocycles. The standard InChI is InChI=1S/C16H17N3S/c1-4-17-15-13-9-11(3)20-16(13)19-14(18-15)12-7-5-6-10(2)8-12/h5-9H,4H2,1-3H3,(H,17,18,19). The Labute approximate surface area is 122 Å². The summed E-state index contributed by atoms with van der Waals surface area (Å²) in [6.45, 7) is 7.13. The fraction of sp³-hybridized carbons (Fsp3) is 0.250. The van der Waals surface area contributed by atoms with Crippen LogP contribution in [0.15, 0.2) is 30.3 Å². The van der Waals surface area contributed by atoms with Crippen LogP contribution in [0.3, 0.4) is 0 Å². The van der Waals surface area contributed by atoms with Crippen LogP contribution < -0.4 is 5.32 Å². The van der Waals surface area contributed by atoms with Crippen molar-refractivity contribution in [2.24, 2.45) is 0 Å². The number of thiophene rings is 1. The van der Waals surface area contributed by atoms with Gasteiger partial charge in [0, 0.05) is 17.0 Å². The zero-order chi connectivity index (χ0) is 14.1. The average molecular weight is 283 g/mol. The number of anilines is 1. The van der Waals surface area contributed by atoms with Crippen molar-refractivity contribution in [2.45, 2.75) is 20.8 Å². The molecule has 0 radical (unpaired) electrons. The zero-order valence-corrected chi connectivity index (χ0v) is 12.7. The van der Waals surface area contributed by atoms with E-state index in [1.54, 1.807) is 11.3 Å². The maximum Gasteiger partial charge on any atom is 0.163 e. The largest absolute Gasteiger partial charge is 0.370 e. The van der Waals surface area contributed by atoms with Crippen LogP contribution in [-0.2, 0) is 0 Å². The van der Waals surface area contributed by atoms with Gasteiger partial charge in [0.05, 0.1) is 5.39 Å². The fourth-order valence-corrected chi connectivity index (χ4v) is 3.14. The molecule has 0 aliphatic heterocycles. The van der Waals surface area contributed by atoms with Gasteiger partial charge in [0.25, 0.3) is 0 Å². The maximum absolute atomic E-state index is 4.72. The molecule has 1 N–H and O–H groups in total. The van der Waals surface area contributed by atoms with E-state index in [2.05, 4.69) is 50.4 Å². The van der Waals surface area contributed by atoms with Gasteiger partial charge >= 0.3 is 0 Å². The number of nitrogens with one attached hydrogen (secondary N) is 1. The lowest BCUT2D eigenvalue weighted by molar-refractivity contribution is 1.15. The third kappa shape index (κ3) is 2.39. The number of nitrogens with zero attached hydrogens (tertiary/aromatic N) is 2. The summed E-state index contributed by atoms with van der Waals surface area (Å²) >= 11 is 1.71. The highest BCUT2D eigenvalue weighted by Crippen LogP contribution is 2.31. The van der Waals surface area contributed by atoms with Crippen LogP contribution in [0.2, 0.25) is 0 Å². The summed E-state index contributed by atoms with van der Waals surface area (Å²) < 4.78 is 0. The molecule has 3 rings (SSSR count). The molecule has 1 aromatic carbocycles. The molecular formula is C16H17N3S. The Morgan fingerprint density at radius 2 is 2.00 bits per heavy atom. The second-order valence-electron chi connectivity index (χ2n) is 4.87. The number of fused-ring (bicyclic) bond motifs is 1. The molecule has 0 fully saturated rings. The molecule has 102 valence electrons. The lowest BCUT2D eigenvalue weighted by Crippen LogP contribution is -2.01. The smallest absolute Gasteiger partial charge is 0.163 e. The van der Waals surface area contributed by atoms with E-state index in [0.717, 1.165) is 34.0 Å². The maximum atomic E-state index is 4.72. The van der Waals surface area contributed by atoms with Gasteiger partial charge in [0.1, 0.15) is 10.6 Å². The highest BCUT2D eigenvalue weighted by Gasteiger charge is 2.11. The Kier molecular flexibility index (Phi) is 3.40. The Hall–Kier alpha value is -1.94. The van der Waals surface area contributed by atoms with E-state index < -0.39 is 0 Å². The molecule has 20 heavy (non-hydrogen) atoms. The summed E-state index contributed by atoms with van der Waals surface area (Å²) in [5.41, 5.74) is 2.29. The zero-order valence-electron chi connectivity index (χ0n) is 11.9. The highest BCUT2D eigenvalue weighted by molar-refractivity contribution is 7.18. The summed E-state index contributed by atoms with van der Waals surface area (Å²) in [5.74, 6) is 1.72. The minimum Gasteiger partial charge on any atom is -0.370 e. The molecule has 0 spiro atoms. The molecule has 3 nitrogen and oxygen atoms in total. The lowest BCUT2D eigenvalue weighted by Gasteiger charge is -2.07. The minimum absolute atomic E-state index is 0.791. The van der Waals surface area contributed by atoms with Crippen molar-refractivity contribution < 1.29 is 0 Å². The van der Waals surface area contributed by atoms with Crippen molar-refractivity contribution in [2.75, 3.05) is 11.9 Å². The third-order valence-corrected chi connectivity index (χ3v) is 4.08. The van der Waals surface area contributed by atoms with E-state index in [4.69, 9.17) is 9.97 Å². The topological polar surface area (TPSA) is 37.8 Å². The van der Waals surface area contributed by atoms with Crippen LogP contribution in [0, 0.1) is 13.8 Å². The van der Waals surface area contributed by atoms with Gasteiger partial charge in [-0.3, -0.25) is 0 Å². The first kappa shape index (κ1) is 13.1. The van der Waals surface area contributed by atoms with Crippen molar-refractivity contribution >= 4 is 27.4 Å². The molecule has 4 heteroatoms. The van der Waals surface area contributed by atoms with E-state index in [9.17, 15) is 0 Å². The lowest BCUT2D eigenvalue weighted by atomic mass is 10.1. The van der Waals surface area contributed by atoms with Crippen LogP contribution in [0.1, 0.15) is 17.4 Å². The Morgan fingerprint density at radius 3 is 2.75 bits per heavy atom. The molecule has 2 aromatic heterocycles. The number of hydrogen-bond donors (Lipinski definition) is 1. The van der Waals surface area contributed by atoms with Gasteiger partial charge in [-0.25, -0.2) is 9.97 Å². The number of benzene rings is 1. The van der Waals surface area contributed by atoms with Gasteiger partial charge in [-0.2, -0.15) is 0 Å². The normalized spacial score (nSPS) is 10.9. The predicted octanol–water partition coefficient (Wildman–Crippen LogP) is 4.41. The molecule has 3 aromatic rings. The van der Waals surface area contributed by atoms with Crippen molar-refractivity contribution in [3.05, 3.63) is 40.8 Å². The second-order valence-corrected chi connectivity index (χ2v) is 6.11. The van der Waals surface area contributed by atoms with Crippen LogP contribution in [0.4, 0.5) is 5.82 Å². The van der Waals surface area contributed by atoms with Crippen molar-refractivity contribution in [1.29, 1.82) is 0 Å². The molecule has 0 amide bonds. The molecule has 2 heterocycles. The van der Waals surface area contributed by atoms with Gasteiger partial charge in [0.15, 0.2) is 5.82 Å². The molecule has 0 saturated heterocycles. The number of rotatable bonds is 3. The van der Waals surface area contributed by atoms with E-state index in [0.29, 0.717) is 0 Å². The quantitative estimate of drug-likeness (QED) is 0.774. The number of aryl methyl sites for hydroxylation is 2. The van der Waals surface area contributed by atoms with Crippen LogP contribution >= 0.6 is 11.3 Å². The monoisotopic (exact) mass is 283 g/mol. The summed E-state index contributed by atoms with van der Waals surface area (Å²) in [6.07, 6.45) is 0. The van der Waals surface area contributed by atoms with Crippen LogP contribution in [0.5, 0.6) is 0 Å². The fourth-order valence-electron chi connectivity index (χ4n) is 2.26. The molecule has 0 bridgehead atoms. The molecule has 0 saturated carbocycles. The molecule has 0 atom stereocenters. The third-order valence-electron chi connectivity index (χ3n) is 3.14. The van der Waals surface area contributed by atoms with E-state index in [-0.39, 0.29) is 0 Å². The van der Waals surface area contributed by atoms with Gasteiger partial charge in [-0.1, -0.05) is 23.8 Å². The highest BCUT2D eigenvalue weighted by atomic mass is 32.1. The summed E-state index contributed by atoms with van der Waals surface area (Å²) in [5, 5.41) is 4.46. The molecule has 0 unspecified atom stereocenters. The van der Waals surface area contributed by atoms with E-state index in [1.165, 1.54) is 10.4 Å². The minimum atomic E-state index is 0.791. The van der Waals surface area contributed by atoms with Crippen LogP contribution in [0.25, 0.3) is 21.6 Å². The first-order chi connectivity index (χ1) is 9.67. The first-order valence-electron chi connectivity index (χ1n) is 6.76. The SMILES string of the molecule is CCNc1nc(-c2cccc(C)c2)nc2sc(C)cc12. The first-order valence-corrected chi connectivity index (χ1v) is 7.58. The second kappa shape index (κ2) is 5.21. The van der Waals surface area contributed by atoms with Crippen molar-refractivity contribution in [1.82, 2.24) is 9.97 Å². The number of hydrogen-bond acceptors (Lipinski definition) is 4. The van der Waals surface area contributed by atoms with E-state index in [1.807, 2.05) is 6.07 Å². The Morgan fingerprint density at radius 1 is 1.15 bits per heavy atom. The van der Waals surface area contributed by atoms with Crippen LogP contribution in [-0.4, -0.2) is 16.5 Å². The van der Waals surface area contributed by atoms with E-state index >= 15 is 0 Å². The Balaban J connectivity index is 2.21. The summed E-state index contributed by atoms with van der Waals surface area (Å²) in [4.78, 5) is 11.7. The van der Waals surface area contributed by atoms with Gasteiger partial charge in [-0.15, -0.1) is 11.3 Å². The average Bonchev–Trinajstić information content (AvgIpc) is 2.79. The van der Waals surface area contributed by atoms with Gasteiger partial charge in [-0.05, 0) is 32.9 Å². The van der Waals surface area contributed by atoms with Crippen molar-refractivity contribution in [3.63, 3.8) is 0 Å². The van der Waals surface area contributed by atoms with Gasteiger partial charge in [0.2, 0.25) is 0 Å². The molecule has 0 aliphatic rings. The summed E-state index contributed by atoms with van der Waals surface area (Å²) in [6, 6.07) is 10.5. The van der Waals surface area contributed by atoms with Crippen molar-refractivity contribution in [3.8, 4) is 11.4 Å². The predicted molar refractivity (Wildman–Crippen MR) is 86.5 cm³/mol. The Bertz CT molecular complexity index is 762. The van der Waals surface area contributed by atoms with Gasteiger partial charge < -0.3 is 5.32 Å². The number of aromatic nitrogens is 2. The summed E-state index contributed by atoms with van der Waals surface area (Å²) in [7, 11) is 0. The molecular weight excluding hydrogens is 266 g/mol.